The highest BCUT2D eigenvalue weighted by Gasteiger charge is 2.17. The van der Waals surface area contributed by atoms with Crippen LogP contribution in [-0.2, 0) is 18.3 Å². The highest BCUT2D eigenvalue weighted by atomic mass is 16.5. The van der Waals surface area contributed by atoms with Gasteiger partial charge in [-0.2, -0.15) is 0 Å². The molecule has 96 valence electrons. The molecule has 2 rings (SSSR count). The molecule has 1 aromatic heterocycles. The Morgan fingerprint density at radius 2 is 1.94 bits per heavy atom. The summed E-state index contributed by atoms with van der Waals surface area (Å²) in [6, 6.07) is 0. The summed E-state index contributed by atoms with van der Waals surface area (Å²) in [4.78, 5) is 9.10. The van der Waals surface area contributed by atoms with Crippen LogP contribution in [0.1, 0.15) is 5.69 Å². The van der Waals surface area contributed by atoms with Crippen molar-refractivity contribution >= 4 is 0 Å². The van der Waals surface area contributed by atoms with Crippen molar-refractivity contribution < 1.29 is 4.74 Å². The third-order valence-corrected chi connectivity index (χ3v) is 3.38. The van der Waals surface area contributed by atoms with Gasteiger partial charge < -0.3 is 9.30 Å². The molecule has 0 saturated carbocycles. The van der Waals surface area contributed by atoms with E-state index in [2.05, 4.69) is 26.4 Å². The van der Waals surface area contributed by atoms with Crippen molar-refractivity contribution in [1.29, 1.82) is 0 Å². The van der Waals surface area contributed by atoms with Gasteiger partial charge in [0.25, 0.3) is 0 Å². The lowest BCUT2D eigenvalue weighted by molar-refractivity contribution is 0.0928. The number of aryl methyl sites for hydroxylation is 1. The van der Waals surface area contributed by atoms with Crippen LogP contribution in [0.5, 0.6) is 0 Å². The number of methoxy groups -OCH3 is 1. The zero-order chi connectivity index (χ0) is 12.1. The third-order valence-electron chi connectivity index (χ3n) is 3.38. The fraction of sp³-hybridized carbons (Fsp3) is 0.750. The lowest BCUT2D eigenvalue weighted by Gasteiger charge is -2.34. The molecule has 5 heteroatoms. The van der Waals surface area contributed by atoms with Gasteiger partial charge in [0, 0.05) is 59.6 Å². The number of nitrogens with zero attached hydrogens (tertiary/aromatic N) is 4. The predicted molar refractivity (Wildman–Crippen MR) is 66.8 cm³/mol. The first-order valence-electron chi connectivity index (χ1n) is 6.18. The molecule has 1 fully saturated rings. The van der Waals surface area contributed by atoms with E-state index in [4.69, 9.17) is 4.74 Å². The molecule has 1 saturated heterocycles. The number of imidazole rings is 1. The second-order valence-electron chi connectivity index (χ2n) is 4.61. The summed E-state index contributed by atoms with van der Waals surface area (Å²) in [5, 5.41) is 0. The fourth-order valence-electron chi connectivity index (χ4n) is 2.16. The van der Waals surface area contributed by atoms with Crippen LogP contribution in [0.25, 0.3) is 0 Å². The van der Waals surface area contributed by atoms with E-state index in [-0.39, 0.29) is 0 Å². The summed E-state index contributed by atoms with van der Waals surface area (Å²) in [6.07, 6.45) is 3.82. The van der Waals surface area contributed by atoms with Crippen molar-refractivity contribution in [2.24, 2.45) is 7.05 Å². The van der Waals surface area contributed by atoms with Crippen LogP contribution in [0, 0.1) is 0 Å². The number of ether oxygens (including phenoxy) is 1. The summed E-state index contributed by atoms with van der Waals surface area (Å²) in [7, 11) is 3.82. The second-order valence-corrected chi connectivity index (χ2v) is 4.61. The standard InChI is InChI=1S/C12H22N4O/c1-14-11-13-9-12(14)10-16-5-3-15(4-6-16)7-8-17-2/h9,11H,3-8,10H2,1-2H3. The molecule has 2 heterocycles. The van der Waals surface area contributed by atoms with Crippen LogP contribution in [0.2, 0.25) is 0 Å². The minimum atomic E-state index is 0.835. The van der Waals surface area contributed by atoms with E-state index >= 15 is 0 Å². The number of piperazine rings is 1. The molecule has 5 nitrogen and oxygen atoms in total. The van der Waals surface area contributed by atoms with Gasteiger partial charge in [0.2, 0.25) is 0 Å². The first-order chi connectivity index (χ1) is 8.29. The Bertz CT molecular complexity index is 331. The van der Waals surface area contributed by atoms with Crippen molar-refractivity contribution in [3.05, 3.63) is 18.2 Å². The maximum atomic E-state index is 5.11. The zero-order valence-electron chi connectivity index (χ0n) is 10.8. The van der Waals surface area contributed by atoms with Gasteiger partial charge >= 0.3 is 0 Å². The molecular weight excluding hydrogens is 216 g/mol. The Kier molecular flexibility index (Phi) is 4.53. The van der Waals surface area contributed by atoms with E-state index in [9.17, 15) is 0 Å². The minimum absolute atomic E-state index is 0.835. The highest BCUT2D eigenvalue weighted by Crippen LogP contribution is 2.07. The Balaban J connectivity index is 1.74. The van der Waals surface area contributed by atoms with E-state index in [1.807, 2.05) is 12.5 Å². The van der Waals surface area contributed by atoms with E-state index < -0.39 is 0 Å². The van der Waals surface area contributed by atoms with Gasteiger partial charge in [0.15, 0.2) is 0 Å². The van der Waals surface area contributed by atoms with Crippen molar-refractivity contribution in [2.45, 2.75) is 6.54 Å². The van der Waals surface area contributed by atoms with Crippen molar-refractivity contribution in [1.82, 2.24) is 19.4 Å². The van der Waals surface area contributed by atoms with Gasteiger partial charge in [-0.25, -0.2) is 4.98 Å². The Labute approximate surface area is 103 Å². The monoisotopic (exact) mass is 238 g/mol. The first-order valence-corrected chi connectivity index (χ1v) is 6.18. The van der Waals surface area contributed by atoms with E-state index in [0.717, 1.165) is 45.9 Å². The molecule has 0 aromatic carbocycles. The summed E-state index contributed by atoms with van der Waals surface area (Å²) < 4.78 is 7.20. The Morgan fingerprint density at radius 1 is 1.24 bits per heavy atom. The summed E-state index contributed by atoms with van der Waals surface area (Å²) in [5.41, 5.74) is 1.29. The average Bonchev–Trinajstić information content (AvgIpc) is 2.74. The van der Waals surface area contributed by atoms with Crippen molar-refractivity contribution in [3.63, 3.8) is 0 Å². The molecule has 1 aromatic rings. The SMILES string of the molecule is COCCN1CCN(Cc2cncn2C)CC1. The Hall–Kier alpha value is -0.910. The van der Waals surface area contributed by atoms with Crippen LogP contribution >= 0.6 is 0 Å². The Morgan fingerprint density at radius 3 is 2.53 bits per heavy atom. The molecule has 0 spiro atoms. The van der Waals surface area contributed by atoms with E-state index in [1.165, 1.54) is 5.69 Å². The maximum Gasteiger partial charge on any atom is 0.0945 e. The molecular formula is C12H22N4O. The van der Waals surface area contributed by atoms with Crippen LogP contribution < -0.4 is 0 Å². The molecule has 0 bridgehead atoms. The largest absolute Gasteiger partial charge is 0.383 e. The zero-order valence-corrected chi connectivity index (χ0v) is 10.8. The van der Waals surface area contributed by atoms with Crippen LogP contribution in [0.3, 0.4) is 0 Å². The number of hydrogen-bond donors (Lipinski definition) is 0. The molecule has 0 unspecified atom stereocenters. The molecule has 0 amide bonds. The average molecular weight is 238 g/mol. The van der Waals surface area contributed by atoms with Gasteiger partial charge in [-0.15, -0.1) is 0 Å². The quantitative estimate of drug-likeness (QED) is 0.733. The van der Waals surface area contributed by atoms with Gasteiger partial charge in [0.05, 0.1) is 18.6 Å². The second kappa shape index (κ2) is 6.14. The number of hydrogen-bond acceptors (Lipinski definition) is 4. The number of aromatic nitrogens is 2. The van der Waals surface area contributed by atoms with Crippen LogP contribution in [0.15, 0.2) is 12.5 Å². The van der Waals surface area contributed by atoms with Gasteiger partial charge in [-0.05, 0) is 0 Å². The molecule has 0 atom stereocenters. The lowest BCUT2D eigenvalue weighted by atomic mass is 10.3. The predicted octanol–water partition coefficient (Wildman–Crippen LogP) is 0.184. The van der Waals surface area contributed by atoms with Crippen molar-refractivity contribution in [3.8, 4) is 0 Å². The fourth-order valence-corrected chi connectivity index (χ4v) is 2.16. The van der Waals surface area contributed by atoms with Crippen LogP contribution in [0.4, 0.5) is 0 Å². The van der Waals surface area contributed by atoms with Gasteiger partial charge in [-0.3, -0.25) is 9.80 Å². The topological polar surface area (TPSA) is 33.5 Å². The maximum absolute atomic E-state index is 5.11. The van der Waals surface area contributed by atoms with Gasteiger partial charge in [-0.1, -0.05) is 0 Å². The minimum Gasteiger partial charge on any atom is -0.383 e. The van der Waals surface area contributed by atoms with Crippen LogP contribution in [-0.4, -0.2) is 65.8 Å². The highest BCUT2D eigenvalue weighted by molar-refractivity contribution is 4.97. The van der Waals surface area contributed by atoms with E-state index in [0.29, 0.717) is 0 Å². The summed E-state index contributed by atoms with van der Waals surface area (Å²) in [5.74, 6) is 0. The van der Waals surface area contributed by atoms with E-state index in [1.54, 1.807) is 7.11 Å². The summed E-state index contributed by atoms with van der Waals surface area (Å²) in [6.45, 7) is 7.44. The first kappa shape index (κ1) is 12.5. The van der Waals surface area contributed by atoms with Crippen molar-refractivity contribution in [2.75, 3.05) is 46.4 Å². The molecule has 1 aliphatic rings. The molecule has 0 N–H and O–H groups in total. The van der Waals surface area contributed by atoms with Gasteiger partial charge in [0.1, 0.15) is 0 Å². The molecule has 17 heavy (non-hydrogen) atoms. The number of rotatable bonds is 5. The summed E-state index contributed by atoms with van der Waals surface area (Å²) >= 11 is 0. The molecule has 0 aliphatic carbocycles. The molecule has 0 radical (unpaired) electrons. The lowest BCUT2D eigenvalue weighted by Crippen LogP contribution is -2.46. The molecule has 1 aliphatic heterocycles. The normalized spacial score (nSPS) is 18.7. The third kappa shape index (κ3) is 3.52. The smallest absolute Gasteiger partial charge is 0.0945 e.